The molecule has 9 heteroatoms. The first kappa shape index (κ1) is 18.4. The quantitative estimate of drug-likeness (QED) is 0.848. The van der Waals surface area contributed by atoms with Crippen molar-refractivity contribution in [2.75, 3.05) is 11.9 Å². The highest BCUT2D eigenvalue weighted by atomic mass is 32.2. The van der Waals surface area contributed by atoms with E-state index in [1.54, 1.807) is 0 Å². The first-order chi connectivity index (χ1) is 11.8. The fraction of sp³-hybridized carbons (Fsp3) is 0.125. The second kappa shape index (κ2) is 7.72. The Labute approximate surface area is 142 Å². The van der Waals surface area contributed by atoms with Crippen LogP contribution < -0.4 is 10.1 Å². The molecule has 0 unspecified atom stereocenters. The van der Waals surface area contributed by atoms with E-state index in [2.05, 4.69) is 5.32 Å². The largest absolute Gasteiger partial charge is 0.484 e. The van der Waals surface area contributed by atoms with E-state index in [9.17, 15) is 22.0 Å². The van der Waals surface area contributed by atoms with Crippen LogP contribution in [0.25, 0.3) is 0 Å². The first-order valence-corrected chi connectivity index (χ1v) is 8.42. The van der Waals surface area contributed by atoms with Crippen molar-refractivity contribution in [2.45, 2.75) is 10.7 Å². The molecule has 0 radical (unpaired) electrons. The summed E-state index contributed by atoms with van der Waals surface area (Å²) in [4.78, 5) is 11.2. The van der Waals surface area contributed by atoms with Crippen LogP contribution >= 0.6 is 0 Å². The monoisotopic (exact) mass is 366 g/mol. The lowest BCUT2D eigenvalue weighted by Crippen LogP contribution is -2.20. The van der Waals surface area contributed by atoms with Crippen LogP contribution in [0.4, 0.5) is 14.5 Å². The Balaban J connectivity index is 1.93. The molecule has 0 saturated heterocycles. The van der Waals surface area contributed by atoms with E-state index >= 15 is 0 Å². The summed E-state index contributed by atoms with van der Waals surface area (Å²) in [5.41, 5.74) is 0.692. The first-order valence-electron chi connectivity index (χ1n) is 6.88. The molecule has 0 saturated carbocycles. The SMILES string of the molecule is N#Cc1ccc(OCC(=O)Nc2ccc(S(=O)(=O)C(F)F)cc2)cc1. The standard InChI is InChI=1S/C16H12F2N2O4S/c17-16(18)25(22,23)14-7-3-12(4-8-14)20-15(21)10-24-13-5-1-11(9-19)2-6-13/h1-8,16H,10H2,(H,20,21). The van der Waals surface area contributed by atoms with E-state index in [4.69, 9.17) is 10.00 Å². The molecule has 0 atom stereocenters. The maximum atomic E-state index is 12.4. The second-order valence-corrected chi connectivity index (χ2v) is 6.72. The van der Waals surface area contributed by atoms with Gasteiger partial charge < -0.3 is 10.1 Å². The highest BCUT2D eigenvalue weighted by molar-refractivity contribution is 7.91. The number of ether oxygens (including phenoxy) is 1. The molecule has 0 bridgehead atoms. The van der Waals surface area contributed by atoms with Crippen molar-refractivity contribution in [3.8, 4) is 11.8 Å². The summed E-state index contributed by atoms with van der Waals surface area (Å²) in [6.45, 7) is -0.316. The zero-order chi connectivity index (χ0) is 18.4. The number of hydrogen-bond donors (Lipinski definition) is 1. The minimum absolute atomic E-state index is 0.238. The number of amides is 1. The van der Waals surface area contributed by atoms with Gasteiger partial charge in [0, 0.05) is 5.69 Å². The average molecular weight is 366 g/mol. The molecule has 0 fully saturated rings. The van der Waals surface area contributed by atoms with Crippen LogP contribution in [-0.4, -0.2) is 26.7 Å². The number of anilines is 1. The molecule has 0 aliphatic heterocycles. The molecular weight excluding hydrogens is 354 g/mol. The molecule has 2 rings (SSSR count). The number of sulfone groups is 1. The molecule has 2 aromatic rings. The third-order valence-electron chi connectivity index (χ3n) is 3.05. The summed E-state index contributed by atoms with van der Waals surface area (Å²) in [6.07, 6.45) is 0. The van der Waals surface area contributed by atoms with Gasteiger partial charge in [0.2, 0.25) is 9.84 Å². The molecule has 25 heavy (non-hydrogen) atoms. The zero-order valence-electron chi connectivity index (χ0n) is 12.6. The number of nitrogens with zero attached hydrogens (tertiary/aromatic N) is 1. The lowest BCUT2D eigenvalue weighted by molar-refractivity contribution is -0.118. The van der Waals surface area contributed by atoms with Crippen LogP contribution in [-0.2, 0) is 14.6 Å². The van der Waals surface area contributed by atoms with E-state index < -0.39 is 26.4 Å². The summed E-state index contributed by atoms with van der Waals surface area (Å²) >= 11 is 0. The maximum absolute atomic E-state index is 12.4. The smallest absolute Gasteiger partial charge is 0.341 e. The normalized spacial score (nSPS) is 11.0. The summed E-state index contributed by atoms with van der Waals surface area (Å²) < 4.78 is 52.7. The van der Waals surface area contributed by atoms with Crippen LogP contribution in [0.15, 0.2) is 53.4 Å². The third-order valence-corrected chi connectivity index (χ3v) is 4.45. The number of rotatable bonds is 6. The minimum atomic E-state index is -4.67. The maximum Gasteiger partial charge on any atom is 0.341 e. The summed E-state index contributed by atoms with van der Waals surface area (Å²) in [7, 11) is -4.67. The predicted octanol–water partition coefficient (Wildman–Crippen LogP) is 2.57. The molecule has 0 aliphatic rings. The van der Waals surface area contributed by atoms with E-state index in [0.29, 0.717) is 11.3 Å². The van der Waals surface area contributed by atoms with Gasteiger partial charge in [0.1, 0.15) is 5.75 Å². The lowest BCUT2D eigenvalue weighted by atomic mass is 10.2. The van der Waals surface area contributed by atoms with E-state index in [-0.39, 0.29) is 12.3 Å². The van der Waals surface area contributed by atoms with Gasteiger partial charge >= 0.3 is 5.76 Å². The van der Waals surface area contributed by atoms with Crippen LogP contribution in [0, 0.1) is 11.3 Å². The Morgan fingerprint density at radius 3 is 2.24 bits per heavy atom. The van der Waals surface area contributed by atoms with Crippen molar-refractivity contribution in [2.24, 2.45) is 0 Å². The van der Waals surface area contributed by atoms with Crippen molar-refractivity contribution in [3.63, 3.8) is 0 Å². The van der Waals surface area contributed by atoms with Crippen LogP contribution in [0.1, 0.15) is 5.56 Å². The van der Waals surface area contributed by atoms with Crippen LogP contribution in [0.5, 0.6) is 5.75 Å². The zero-order valence-corrected chi connectivity index (χ0v) is 13.5. The van der Waals surface area contributed by atoms with Crippen molar-refractivity contribution in [1.29, 1.82) is 5.26 Å². The number of hydrogen-bond acceptors (Lipinski definition) is 5. The summed E-state index contributed by atoms with van der Waals surface area (Å²) in [5, 5.41) is 11.1. The molecule has 0 aliphatic carbocycles. The van der Waals surface area contributed by atoms with Crippen molar-refractivity contribution in [3.05, 3.63) is 54.1 Å². The van der Waals surface area contributed by atoms with E-state index in [1.165, 1.54) is 36.4 Å². The van der Waals surface area contributed by atoms with Gasteiger partial charge in [0.05, 0.1) is 16.5 Å². The molecule has 1 amide bonds. The number of alkyl halides is 2. The topological polar surface area (TPSA) is 96.3 Å². The molecule has 0 heterocycles. The molecule has 1 N–H and O–H groups in total. The van der Waals surface area contributed by atoms with Gasteiger partial charge in [0.15, 0.2) is 6.61 Å². The minimum Gasteiger partial charge on any atom is -0.484 e. The van der Waals surface area contributed by atoms with Crippen molar-refractivity contribution in [1.82, 2.24) is 0 Å². The molecule has 2 aromatic carbocycles. The number of benzene rings is 2. The number of nitriles is 1. The van der Waals surface area contributed by atoms with Gasteiger partial charge in [-0.05, 0) is 48.5 Å². The Kier molecular flexibility index (Phi) is 5.67. The van der Waals surface area contributed by atoms with Crippen LogP contribution in [0.3, 0.4) is 0 Å². The third kappa shape index (κ3) is 4.74. The number of carbonyl (C=O) groups excluding carboxylic acids is 1. The summed E-state index contributed by atoms with van der Waals surface area (Å²) in [6, 6.07) is 12.5. The number of nitrogens with one attached hydrogen (secondary N) is 1. The average Bonchev–Trinajstić information content (AvgIpc) is 2.60. The van der Waals surface area contributed by atoms with E-state index in [0.717, 1.165) is 12.1 Å². The molecule has 0 spiro atoms. The molecule has 6 nitrogen and oxygen atoms in total. The number of carbonyl (C=O) groups is 1. The second-order valence-electron chi connectivity index (χ2n) is 4.80. The highest BCUT2D eigenvalue weighted by Gasteiger charge is 2.26. The van der Waals surface area contributed by atoms with Gasteiger partial charge in [0.25, 0.3) is 5.91 Å². The van der Waals surface area contributed by atoms with Crippen molar-refractivity contribution >= 4 is 21.4 Å². The van der Waals surface area contributed by atoms with Gasteiger partial charge in [-0.15, -0.1) is 0 Å². The number of halogens is 2. The Hall–Kier alpha value is -2.99. The van der Waals surface area contributed by atoms with Crippen molar-refractivity contribution < 1.29 is 26.7 Å². The highest BCUT2D eigenvalue weighted by Crippen LogP contribution is 2.20. The van der Waals surface area contributed by atoms with E-state index in [1.807, 2.05) is 6.07 Å². The Morgan fingerprint density at radius 2 is 1.72 bits per heavy atom. The van der Waals surface area contributed by atoms with Gasteiger partial charge in [-0.25, -0.2) is 8.42 Å². The predicted molar refractivity (Wildman–Crippen MR) is 84.9 cm³/mol. The van der Waals surface area contributed by atoms with Gasteiger partial charge in [-0.2, -0.15) is 14.0 Å². The van der Waals surface area contributed by atoms with Crippen LogP contribution in [0.2, 0.25) is 0 Å². The Morgan fingerprint density at radius 1 is 1.12 bits per heavy atom. The summed E-state index contributed by atoms with van der Waals surface area (Å²) in [5.74, 6) is -3.63. The molecular formula is C16H12F2N2O4S. The van der Waals surface area contributed by atoms with Gasteiger partial charge in [-0.1, -0.05) is 0 Å². The fourth-order valence-electron chi connectivity index (χ4n) is 1.80. The molecule has 130 valence electrons. The molecule has 0 aromatic heterocycles. The van der Waals surface area contributed by atoms with Gasteiger partial charge in [-0.3, -0.25) is 4.79 Å². The fourth-order valence-corrected chi connectivity index (χ4v) is 2.52. The Bertz CT molecular complexity index is 889. The lowest BCUT2D eigenvalue weighted by Gasteiger charge is -2.08.